The van der Waals surface area contributed by atoms with Crippen LogP contribution in [0.3, 0.4) is 0 Å². The maximum absolute atomic E-state index is 12.4. The molecular weight excluding hydrogens is 268 g/mol. The summed E-state index contributed by atoms with van der Waals surface area (Å²) in [6, 6.07) is -0.689. The number of carbonyl (C=O) groups is 2. The van der Waals surface area contributed by atoms with Gasteiger partial charge in [0.2, 0.25) is 11.8 Å². The van der Waals surface area contributed by atoms with Crippen LogP contribution in [0.5, 0.6) is 0 Å². The molecule has 1 aromatic heterocycles. The van der Waals surface area contributed by atoms with Crippen molar-refractivity contribution in [3.8, 4) is 0 Å². The van der Waals surface area contributed by atoms with Crippen LogP contribution in [0, 0.1) is 17.8 Å². The summed E-state index contributed by atoms with van der Waals surface area (Å²) in [5.74, 6) is 0.493. The van der Waals surface area contributed by atoms with Crippen LogP contribution < -0.4 is 11.1 Å². The smallest absolute Gasteiger partial charge is 0.240 e. The van der Waals surface area contributed by atoms with E-state index >= 15 is 0 Å². The van der Waals surface area contributed by atoms with Crippen molar-refractivity contribution in [3.05, 3.63) is 18.2 Å². The molecule has 1 unspecified atom stereocenters. The number of hydrogen-bond donors (Lipinski definition) is 3. The van der Waals surface area contributed by atoms with E-state index in [1.807, 2.05) is 0 Å². The van der Waals surface area contributed by atoms with E-state index < -0.39 is 11.9 Å². The Morgan fingerprint density at radius 3 is 2.57 bits per heavy atom. The standard InChI is InChI=1S/C15H24N4O2/c1-9-3-10(2)5-11(4-9)15(21)19-13(14(16)20)6-12-7-17-8-18-12/h7-11,13H,3-6H2,1-2H3,(H2,16,20)(H,17,18)(H,19,21)/t9-,10+,11?,13-/m0/s1. The Morgan fingerprint density at radius 1 is 1.38 bits per heavy atom. The molecule has 1 fully saturated rings. The Bertz CT molecular complexity index is 476. The lowest BCUT2D eigenvalue weighted by atomic mass is 9.76. The first-order valence-corrected chi connectivity index (χ1v) is 7.52. The van der Waals surface area contributed by atoms with Gasteiger partial charge in [-0.1, -0.05) is 13.8 Å². The first-order valence-electron chi connectivity index (χ1n) is 7.52. The van der Waals surface area contributed by atoms with Crippen molar-refractivity contribution in [2.45, 2.75) is 45.6 Å². The van der Waals surface area contributed by atoms with Gasteiger partial charge in [-0.25, -0.2) is 4.98 Å². The number of nitrogens with zero attached hydrogens (tertiary/aromatic N) is 1. The van der Waals surface area contributed by atoms with Gasteiger partial charge in [0, 0.05) is 24.2 Å². The fraction of sp³-hybridized carbons (Fsp3) is 0.667. The number of rotatable bonds is 5. The Kier molecular flexibility index (Phi) is 4.98. The van der Waals surface area contributed by atoms with Gasteiger partial charge in [0.05, 0.1) is 6.33 Å². The van der Waals surface area contributed by atoms with Gasteiger partial charge in [-0.3, -0.25) is 9.59 Å². The molecule has 2 amide bonds. The zero-order valence-corrected chi connectivity index (χ0v) is 12.6. The second-order valence-electron chi connectivity index (χ2n) is 6.36. The molecule has 0 bridgehead atoms. The Balaban J connectivity index is 1.96. The number of aromatic nitrogens is 2. The highest BCUT2D eigenvalue weighted by atomic mass is 16.2. The molecule has 21 heavy (non-hydrogen) atoms. The zero-order chi connectivity index (χ0) is 15.4. The fourth-order valence-electron chi connectivity index (χ4n) is 3.29. The molecule has 2 rings (SSSR count). The van der Waals surface area contributed by atoms with Gasteiger partial charge in [-0.15, -0.1) is 0 Å². The molecule has 6 nitrogen and oxygen atoms in total. The predicted molar refractivity (Wildman–Crippen MR) is 79.1 cm³/mol. The summed E-state index contributed by atoms with van der Waals surface area (Å²) in [5, 5.41) is 2.80. The van der Waals surface area contributed by atoms with Gasteiger partial charge in [-0.05, 0) is 31.1 Å². The minimum absolute atomic E-state index is 0.0210. The van der Waals surface area contributed by atoms with E-state index in [0.29, 0.717) is 18.3 Å². The molecule has 1 saturated carbocycles. The fourth-order valence-corrected chi connectivity index (χ4v) is 3.29. The van der Waals surface area contributed by atoms with Crippen LogP contribution in [0.4, 0.5) is 0 Å². The topological polar surface area (TPSA) is 101 Å². The van der Waals surface area contributed by atoms with E-state index in [2.05, 4.69) is 29.1 Å². The van der Waals surface area contributed by atoms with Gasteiger partial charge in [-0.2, -0.15) is 0 Å². The second kappa shape index (κ2) is 6.74. The lowest BCUT2D eigenvalue weighted by molar-refractivity contribution is -0.131. The quantitative estimate of drug-likeness (QED) is 0.754. The van der Waals surface area contributed by atoms with E-state index in [1.54, 1.807) is 12.5 Å². The van der Waals surface area contributed by atoms with Crippen LogP contribution in [-0.2, 0) is 16.0 Å². The third kappa shape index (κ3) is 4.31. The maximum atomic E-state index is 12.4. The van der Waals surface area contributed by atoms with E-state index in [4.69, 9.17) is 5.73 Å². The molecule has 0 saturated heterocycles. The summed E-state index contributed by atoms with van der Waals surface area (Å²) in [5.41, 5.74) is 6.18. The number of primary amides is 1. The Hall–Kier alpha value is -1.85. The van der Waals surface area contributed by atoms with E-state index in [1.165, 1.54) is 0 Å². The first-order chi connectivity index (χ1) is 9.95. The van der Waals surface area contributed by atoms with E-state index in [0.717, 1.165) is 25.0 Å². The molecule has 1 aromatic rings. The van der Waals surface area contributed by atoms with Gasteiger partial charge < -0.3 is 16.0 Å². The predicted octanol–water partition coefficient (Wildman–Crippen LogP) is 0.995. The summed E-state index contributed by atoms with van der Waals surface area (Å²) < 4.78 is 0. The van der Waals surface area contributed by atoms with Gasteiger partial charge >= 0.3 is 0 Å². The highest BCUT2D eigenvalue weighted by Gasteiger charge is 2.31. The number of carbonyl (C=O) groups excluding carboxylic acids is 2. The van der Waals surface area contributed by atoms with Crippen LogP contribution in [0.1, 0.15) is 38.8 Å². The average molecular weight is 292 g/mol. The number of aromatic amines is 1. The van der Waals surface area contributed by atoms with E-state index in [9.17, 15) is 9.59 Å². The maximum Gasteiger partial charge on any atom is 0.240 e. The normalized spacial score (nSPS) is 27.0. The van der Waals surface area contributed by atoms with Gasteiger partial charge in [0.25, 0.3) is 0 Å². The molecule has 4 atom stereocenters. The van der Waals surface area contributed by atoms with Crippen molar-refractivity contribution in [1.29, 1.82) is 0 Å². The van der Waals surface area contributed by atoms with Crippen LogP contribution in [-0.4, -0.2) is 27.8 Å². The molecule has 0 spiro atoms. The van der Waals surface area contributed by atoms with Crippen molar-refractivity contribution in [2.24, 2.45) is 23.5 Å². The largest absolute Gasteiger partial charge is 0.368 e. The minimum atomic E-state index is -0.689. The van der Waals surface area contributed by atoms with Crippen LogP contribution in [0.25, 0.3) is 0 Å². The molecular formula is C15H24N4O2. The number of nitrogens with two attached hydrogens (primary N) is 1. The van der Waals surface area contributed by atoms with Crippen molar-refractivity contribution < 1.29 is 9.59 Å². The van der Waals surface area contributed by atoms with Crippen molar-refractivity contribution in [1.82, 2.24) is 15.3 Å². The SMILES string of the molecule is C[C@@H]1CC(C(=O)N[C@@H](Cc2cnc[nH]2)C(N)=O)C[C@H](C)C1. The molecule has 1 aliphatic carbocycles. The molecule has 116 valence electrons. The molecule has 6 heteroatoms. The lowest BCUT2D eigenvalue weighted by Crippen LogP contribution is -2.48. The highest BCUT2D eigenvalue weighted by molar-refractivity contribution is 5.87. The second-order valence-corrected chi connectivity index (χ2v) is 6.36. The number of amides is 2. The Labute approximate surface area is 124 Å². The molecule has 1 heterocycles. The number of imidazole rings is 1. The van der Waals surface area contributed by atoms with Crippen molar-refractivity contribution >= 4 is 11.8 Å². The zero-order valence-electron chi connectivity index (χ0n) is 12.6. The summed E-state index contributed by atoms with van der Waals surface area (Å²) in [6.07, 6.45) is 6.44. The summed E-state index contributed by atoms with van der Waals surface area (Å²) in [7, 11) is 0. The molecule has 0 aliphatic heterocycles. The summed E-state index contributed by atoms with van der Waals surface area (Å²) in [6.45, 7) is 4.35. The van der Waals surface area contributed by atoms with E-state index in [-0.39, 0.29) is 11.8 Å². The molecule has 1 aliphatic rings. The summed E-state index contributed by atoms with van der Waals surface area (Å²) >= 11 is 0. The van der Waals surface area contributed by atoms with Crippen molar-refractivity contribution in [2.75, 3.05) is 0 Å². The number of nitrogens with one attached hydrogen (secondary N) is 2. The van der Waals surface area contributed by atoms with Gasteiger partial charge in [0.15, 0.2) is 0 Å². The third-order valence-corrected chi connectivity index (χ3v) is 4.19. The average Bonchev–Trinajstić information content (AvgIpc) is 2.89. The molecule has 0 aromatic carbocycles. The summed E-state index contributed by atoms with van der Waals surface area (Å²) in [4.78, 5) is 30.8. The van der Waals surface area contributed by atoms with Crippen molar-refractivity contribution in [3.63, 3.8) is 0 Å². The Morgan fingerprint density at radius 2 is 2.05 bits per heavy atom. The van der Waals surface area contributed by atoms with Crippen LogP contribution in [0.2, 0.25) is 0 Å². The van der Waals surface area contributed by atoms with Crippen LogP contribution >= 0.6 is 0 Å². The highest BCUT2D eigenvalue weighted by Crippen LogP contribution is 2.32. The monoisotopic (exact) mass is 292 g/mol. The molecule has 0 radical (unpaired) electrons. The number of hydrogen-bond acceptors (Lipinski definition) is 3. The molecule has 4 N–H and O–H groups in total. The number of H-pyrrole nitrogens is 1. The first kappa shape index (κ1) is 15.5. The van der Waals surface area contributed by atoms with Crippen LogP contribution in [0.15, 0.2) is 12.5 Å². The third-order valence-electron chi connectivity index (χ3n) is 4.19. The lowest BCUT2D eigenvalue weighted by Gasteiger charge is -2.31. The minimum Gasteiger partial charge on any atom is -0.368 e. The van der Waals surface area contributed by atoms with Gasteiger partial charge in [0.1, 0.15) is 6.04 Å².